The second kappa shape index (κ2) is 12.4. The maximum Gasteiger partial charge on any atom is 0.291 e. The Kier molecular flexibility index (Phi) is 9.85. The molecule has 0 aliphatic heterocycles. The molecule has 1 atom stereocenters. The summed E-state index contributed by atoms with van der Waals surface area (Å²) in [6.45, 7) is 1.33. The lowest BCUT2D eigenvalue weighted by molar-refractivity contribution is -0.742. The highest BCUT2D eigenvalue weighted by Gasteiger charge is 2.16. The molecule has 1 aromatic heterocycles. The molecule has 2 aromatic carbocycles. The highest BCUT2D eigenvalue weighted by atomic mass is 79.9. The van der Waals surface area contributed by atoms with Crippen LogP contribution in [-0.4, -0.2) is 31.7 Å². The molecule has 1 heterocycles. The Labute approximate surface area is 191 Å². The number of para-hydroxylation sites is 1. The second-order valence-corrected chi connectivity index (χ2v) is 7.84. The van der Waals surface area contributed by atoms with Crippen molar-refractivity contribution < 1.29 is 15.0 Å². The highest BCUT2D eigenvalue weighted by molar-refractivity contribution is 9.10. The average Bonchev–Trinajstić information content (AvgIpc) is 3.18. The molecular weight excluding hydrogens is 499 g/mol. The lowest BCUT2D eigenvalue weighted by atomic mass is 9.94. The molecule has 0 aliphatic carbocycles. The number of aromatic nitrogens is 3. The van der Waals surface area contributed by atoms with Gasteiger partial charge in [-0.15, -0.1) is 10.1 Å². The molecule has 0 spiro atoms. The zero-order valence-electron chi connectivity index (χ0n) is 15.7. The van der Waals surface area contributed by atoms with Crippen LogP contribution in [-0.2, 0) is 6.54 Å². The number of rotatable bonds is 8. The summed E-state index contributed by atoms with van der Waals surface area (Å²) >= 11 is 16.0. The molecule has 0 aliphatic rings. The van der Waals surface area contributed by atoms with Gasteiger partial charge in [-0.3, -0.25) is 4.68 Å². The fourth-order valence-electron chi connectivity index (χ4n) is 2.80. The second-order valence-electron chi connectivity index (χ2n) is 6.14. The minimum absolute atomic E-state index is 0.198. The first-order valence-electron chi connectivity index (χ1n) is 8.84. The van der Waals surface area contributed by atoms with Crippen molar-refractivity contribution in [2.45, 2.75) is 25.3 Å². The Hall–Kier alpha value is -2.36. The molecule has 0 radical (unpaired) electrons. The molecule has 0 saturated carbocycles. The Morgan fingerprint density at radius 3 is 2.63 bits per heavy atom. The summed E-state index contributed by atoms with van der Waals surface area (Å²) in [6, 6.07) is 13.5. The fourth-order valence-corrected chi connectivity index (χ4v) is 3.77. The molecule has 0 fully saturated rings. The van der Waals surface area contributed by atoms with Crippen LogP contribution in [0.25, 0.3) is 0 Å². The van der Waals surface area contributed by atoms with Crippen molar-refractivity contribution in [3.05, 3.63) is 85.3 Å². The summed E-state index contributed by atoms with van der Waals surface area (Å²) < 4.78 is 8.65. The van der Waals surface area contributed by atoms with E-state index in [0.29, 0.717) is 23.2 Å². The van der Waals surface area contributed by atoms with Crippen molar-refractivity contribution in [2.24, 2.45) is 0 Å². The van der Waals surface area contributed by atoms with Gasteiger partial charge in [0.1, 0.15) is 18.4 Å². The van der Waals surface area contributed by atoms with Crippen molar-refractivity contribution in [3.63, 3.8) is 0 Å². The van der Waals surface area contributed by atoms with E-state index in [1.807, 2.05) is 41.1 Å². The van der Waals surface area contributed by atoms with Gasteiger partial charge in [-0.2, -0.15) is 5.10 Å². The molecule has 8 nitrogen and oxygen atoms in total. The normalized spacial score (nSPS) is 11.3. The third kappa shape index (κ3) is 8.17. The van der Waals surface area contributed by atoms with Crippen LogP contribution < -0.4 is 4.74 Å². The zero-order chi connectivity index (χ0) is 21.9. The minimum Gasteiger partial charge on any atom is -0.492 e. The van der Waals surface area contributed by atoms with E-state index in [1.54, 1.807) is 12.4 Å². The van der Waals surface area contributed by atoms with Crippen LogP contribution >= 0.6 is 39.1 Å². The van der Waals surface area contributed by atoms with Crippen LogP contribution in [0.3, 0.4) is 0 Å². The predicted octanol–water partition coefficient (Wildman–Crippen LogP) is 5.64. The minimum atomic E-state index is -1.50. The third-order valence-electron chi connectivity index (χ3n) is 4.07. The van der Waals surface area contributed by atoms with E-state index in [0.717, 1.165) is 28.6 Å². The Morgan fingerprint density at radius 2 is 2.00 bits per heavy atom. The first kappa shape index (κ1) is 23.9. The van der Waals surface area contributed by atoms with Gasteiger partial charge < -0.3 is 9.94 Å². The fraction of sp³-hybridized carbons (Fsp3) is 0.263. The van der Waals surface area contributed by atoms with Crippen molar-refractivity contribution in [2.75, 3.05) is 6.61 Å². The van der Waals surface area contributed by atoms with Crippen molar-refractivity contribution in [3.8, 4) is 5.75 Å². The molecule has 30 heavy (non-hydrogen) atoms. The van der Waals surface area contributed by atoms with Crippen LogP contribution in [0.2, 0.25) is 10.0 Å². The summed E-state index contributed by atoms with van der Waals surface area (Å²) in [4.78, 5) is 12.4. The van der Waals surface area contributed by atoms with Gasteiger partial charge in [0.25, 0.3) is 5.09 Å². The van der Waals surface area contributed by atoms with Gasteiger partial charge in [0.2, 0.25) is 0 Å². The van der Waals surface area contributed by atoms with Crippen molar-refractivity contribution in [1.82, 2.24) is 14.8 Å². The summed E-state index contributed by atoms with van der Waals surface area (Å²) in [5, 5.41) is 19.2. The van der Waals surface area contributed by atoms with Crippen LogP contribution in [0.4, 0.5) is 0 Å². The molecule has 3 rings (SSSR count). The van der Waals surface area contributed by atoms with Crippen LogP contribution in [0.5, 0.6) is 5.75 Å². The largest absolute Gasteiger partial charge is 0.492 e. The molecule has 160 valence electrons. The number of halogens is 3. The number of nitrogens with zero attached hydrogens (tertiary/aromatic N) is 4. The van der Waals surface area contributed by atoms with Crippen LogP contribution in [0, 0.1) is 10.1 Å². The van der Waals surface area contributed by atoms with E-state index in [2.05, 4.69) is 26.0 Å². The monoisotopic (exact) mass is 516 g/mol. The van der Waals surface area contributed by atoms with Gasteiger partial charge in [-0.05, 0) is 58.6 Å². The molecular formula is C19H19BrCl2N4O4. The first-order valence-corrected chi connectivity index (χ1v) is 10.4. The summed E-state index contributed by atoms with van der Waals surface area (Å²) in [6.07, 6.45) is 5.05. The highest BCUT2D eigenvalue weighted by Crippen LogP contribution is 2.32. The molecule has 0 saturated heterocycles. The topological polar surface area (TPSA) is 103 Å². The first-order chi connectivity index (χ1) is 14.4. The van der Waals surface area contributed by atoms with Crippen LogP contribution in [0.15, 0.2) is 59.6 Å². The SMILES string of the molecule is Clc1ccc(C(CCCOc2ccccc2Br)Cn2cncn2)c(Cl)c1.O=[N+]([O-])O. The summed E-state index contributed by atoms with van der Waals surface area (Å²) in [5.41, 5.74) is 1.06. The lowest BCUT2D eigenvalue weighted by Crippen LogP contribution is -2.12. The van der Waals surface area contributed by atoms with E-state index in [-0.39, 0.29) is 5.92 Å². The maximum absolute atomic E-state index is 8.36. The smallest absolute Gasteiger partial charge is 0.291 e. The third-order valence-corrected chi connectivity index (χ3v) is 5.29. The average molecular weight is 518 g/mol. The van der Waals surface area contributed by atoms with Crippen molar-refractivity contribution >= 4 is 39.1 Å². The Bertz CT molecular complexity index is 940. The van der Waals surface area contributed by atoms with E-state index in [9.17, 15) is 0 Å². The Balaban J connectivity index is 0.000000735. The molecule has 3 aromatic rings. The number of hydrogen-bond acceptors (Lipinski definition) is 5. The molecule has 1 unspecified atom stereocenters. The standard InChI is InChI=1S/C19H18BrCl2N3O.HNO3/c20-17-5-1-2-6-19(17)26-9-3-4-14(11-25-13-23-12-24-25)16-8-7-15(21)10-18(16)22;2-1(3)4/h1-2,5-8,10,12-14H,3-4,9,11H2;(H,2,3,4). The van der Waals surface area contributed by atoms with Gasteiger partial charge in [-0.25, -0.2) is 4.98 Å². The van der Waals surface area contributed by atoms with E-state index in [1.165, 1.54) is 6.33 Å². The number of benzene rings is 2. The van der Waals surface area contributed by atoms with Gasteiger partial charge >= 0.3 is 0 Å². The summed E-state index contributed by atoms with van der Waals surface area (Å²) in [7, 11) is 0. The lowest BCUT2D eigenvalue weighted by Gasteiger charge is -2.19. The van der Waals surface area contributed by atoms with Gasteiger partial charge in [0.05, 0.1) is 11.1 Å². The maximum atomic E-state index is 8.36. The Morgan fingerprint density at radius 1 is 1.27 bits per heavy atom. The van der Waals surface area contributed by atoms with Gasteiger partial charge in [0.15, 0.2) is 0 Å². The van der Waals surface area contributed by atoms with E-state index >= 15 is 0 Å². The predicted molar refractivity (Wildman–Crippen MR) is 117 cm³/mol. The molecule has 0 amide bonds. The van der Waals surface area contributed by atoms with E-state index in [4.69, 9.17) is 43.3 Å². The van der Waals surface area contributed by atoms with Gasteiger partial charge in [0, 0.05) is 22.5 Å². The van der Waals surface area contributed by atoms with Crippen LogP contribution in [0.1, 0.15) is 24.3 Å². The summed E-state index contributed by atoms with van der Waals surface area (Å²) in [5.74, 6) is 1.05. The zero-order valence-corrected chi connectivity index (χ0v) is 18.8. The molecule has 11 heteroatoms. The van der Waals surface area contributed by atoms with Gasteiger partial charge in [-0.1, -0.05) is 41.4 Å². The van der Waals surface area contributed by atoms with E-state index < -0.39 is 5.09 Å². The number of ether oxygens (including phenoxy) is 1. The quantitative estimate of drug-likeness (QED) is 0.235. The molecule has 1 N–H and O–H groups in total. The molecule has 0 bridgehead atoms. The number of hydrogen-bond donors (Lipinski definition) is 1. The van der Waals surface area contributed by atoms with Crippen molar-refractivity contribution in [1.29, 1.82) is 0 Å².